The van der Waals surface area contributed by atoms with E-state index in [9.17, 15) is 19.8 Å². The number of nitrogens with zero attached hydrogens (tertiary/aromatic N) is 2. The van der Waals surface area contributed by atoms with E-state index >= 15 is 0 Å². The zero-order chi connectivity index (χ0) is 24.7. The minimum atomic E-state index is -1.25. The topological polar surface area (TPSA) is 90.3 Å². The number of anilines is 1. The maximum atomic E-state index is 13.6. The first-order chi connectivity index (χ1) is 16.1. The number of ether oxygens (including phenoxy) is 1. The molecular weight excluding hydrogens is 432 g/mol. The predicted molar refractivity (Wildman–Crippen MR) is 129 cm³/mol. The normalized spacial score (nSPS) is 26.2. The molecule has 0 aromatic heterocycles. The molecule has 2 aliphatic rings. The Bertz CT molecular complexity index is 1050. The second kappa shape index (κ2) is 9.13. The molecule has 34 heavy (non-hydrogen) atoms. The van der Waals surface area contributed by atoms with Crippen molar-refractivity contribution in [3.05, 3.63) is 65.7 Å². The van der Waals surface area contributed by atoms with Gasteiger partial charge in [0.15, 0.2) is 5.60 Å². The highest BCUT2D eigenvalue weighted by Crippen LogP contribution is 2.57. The maximum absolute atomic E-state index is 13.6. The van der Waals surface area contributed by atoms with Gasteiger partial charge in [-0.25, -0.2) is 0 Å². The molecule has 4 rings (SSSR count). The number of aliphatic hydroxyl groups excluding tert-OH is 1. The van der Waals surface area contributed by atoms with Crippen LogP contribution in [0.5, 0.6) is 0 Å². The number of hydrogen-bond donors (Lipinski definition) is 2. The van der Waals surface area contributed by atoms with Gasteiger partial charge in [-0.1, -0.05) is 55.5 Å². The lowest BCUT2D eigenvalue weighted by Crippen LogP contribution is -2.45. The number of amides is 2. The third-order valence-electron chi connectivity index (χ3n) is 7.34. The minimum Gasteiger partial charge on any atom is -0.395 e. The van der Waals surface area contributed by atoms with Crippen LogP contribution in [0.4, 0.5) is 5.69 Å². The largest absolute Gasteiger partial charge is 0.395 e. The number of carbonyl (C=O) groups is 2. The fraction of sp³-hybridized carbons (Fsp3) is 0.481. The number of hydrogen-bond acceptors (Lipinski definition) is 5. The van der Waals surface area contributed by atoms with Crippen LogP contribution in [0.25, 0.3) is 0 Å². The van der Waals surface area contributed by atoms with E-state index in [1.165, 1.54) is 0 Å². The van der Waals surface area contributed by atoms with Gasteiger partial charge in [-0.3, -0.25) is 9.59 Å². The molecule has 2 amide bonds. The van der Waals surface area contributed by atoms with Crippen LogP contribution < -0.4 is 4.90 Å². The molecule has 2 N–H and O–H groups in total. The van der Waals surface area contributed by atoms with Gasteiger partial charge in [0.25, 0.3) is 5.91 Å². The molecule has 0 aliphatic carbocycles. The maximum Gasteiger partial charge on any atom is 0.264 e. The Morgan fingerprint density at radius 3 is 2.44 bits per heavy atom. The zero-order valence-electron chi connectivity index (χ0n) is 20.3. The molecule has 2 aromatic rings. The van der Waals surface area contributed by atoms with Crippen LogP contribution in [0.3, 0.4) is 0 Å². The van der Waals surface area contributed by atoms with Gasteiger partial charge in [-0.2, -0.15) is 0 Å². The monoisotopic (exact) mass is 466 g/mol. The van der Waals surface area contributed by atoms with Crippen LogP contribution in [-0.4, -0.2) is 58.8 Å². The molecule has 0 unspecified atom stereocenters. The first kappa shape index (κ1) is 24.4. The van der Waals surface area contributed by atoms with Crippen molar-refractivity contribution in [3.63, 3.8) is 0 Å². The fourth-order valence-corrected chi connectivity index (χ4v) is 5.86. The molecule has 7 nitrogen and oxygen atoms in total. The van der Waals surface area contributed by atoms with Gasteiger partial charge in [-0.05, 0) is 25.5 Å². The van der Waals surface area contributed by atoms with E-state index in [4.69, 9.17) is 4.74 Å². The van der Waals surface area contributed by atoms with Crippen molar-refractivity contribution >= 4 is 17.5 Å². The highest BCUT2D eigenvalue weighted by molar-refractivity contribution is 6.07. The molecule has 7 heteroatoms. The highest BCUT2D eigenvalue weighted by atomic mass is 16.5. The van der Waals surface area contributed by atoms with E-state index in [-0.39, 0.29) is 37.3 Å². The summed E-state index contributed by atoms with van der Waals surface area (Å²) in [5.41, 5.74) is 0.0952. The quantitative estimate of drug-likeness (QED) is 0.655. The lowest BCUT2D eigenvalue weighted by molar-refractivity contribution is -0.150. The second-order valence-electron chi connectivity index (χ2n) is 9.97. The molecule has 0 bridgehead atoms. The van der Waals surface area contributed by atoms with Crippen LogP contribution in [0, 0.1) is 11.8 Å². The van der Waals surface area contributed by atoms with Crippen molar-refractivity contribution in [2.75, 3.05) is 25.1 Å². The van der Waals surface area contributed by atoms with Crippen molar-refractivity contribution in [1.29, 1.82) is 0 Å². The van der Waals surface area contributed by atoms with E-state index in [0.29, 0.717) is 6.54 Å². The summed E-state index contributed by atoms with van der Waals surface area (Å²) in [6.07, 6.45) is -0.657. The molecule has 0 radical (unpaired) electrons. The Morgan fingerprint density at radius 2 is 1.79 bits per heavy atom. The van der Waals surface area contributed by atoms with Gasteiger partial charge in [0, 0.05) is 37.5 Å². The summed E-state index contributed by atoms with van der Waals surface area (Å²) in [6, 6.07) is 17.1. The zero-order valence-corrected chi connectivity index (χ0v) is 20.3. The predicted octanol–water partition coefficient (Wildman–Crippen LogP) is 2.69. The smallest absolute Gasteiger partial charge is 0.264 e. The summed E-state index contributed by atoms with van der Waals surface area (Å²) in [4.78, 5) is 30.2. The lowest BCUT2D eigenvalue weighted by Gasteiger charge is -2.34. The number of benzene rings is 2. The van der Waals surface area contributed by atoms with Crippen molar-refractivity contribution in [2.45, 2.75) is 51.0 Å². The van der Waals surface area contributed by atoms with Crippen LogP contribution >= 0.6 is 0 Å². The molecular formula is C27H34N2O5. The van der Waals surface area contributed by atoms with E-state index in [1.807, 2.05) is 61.5 Å². The van der Waals surface area contributed by atoms with E-state index < -0.39 is 23.2 Å². The molecule has 182 valence electrons. The molecule has 1 saturated heterocycles. The van der Waals surface area contributed by atoms with Crippen molar-refractivity contribution < 1.29 is 24.5 Å². The van der Waals surface area contributed by atoms with Gasteiger partial charge in [0.2, 0.25) is 5.91 Å². The van der Waals surface area contributed by atoms with Crippen LogP contribution in [0.1, 0.15) is 38.3 Å². The Morgan fingerprint density at radius 1 is 1.15 bits per heavy atom. The molecule has 2 aliphatic heterocycles. The average molecular weight is 467 g/mol. The summed E-state index contributed by atoms with van der Waals surface area (Å²) < 4.78 is 6.56. The summed E-state index contributed by atoms with van der Waals surface area (Å²) >= 11 is 0. The third kappa shape index (κ3) is 4.02. The summed E-state index contributed by atoms with van der Waals surface area (Å²) in [7, 11) is 1.73. The first-order valence-corrected chi connectivity index (χ1v) is 11.8. The number of fused-ring (bicyclic) bond motifs is 2. The van der Waals surface area contributed by atoms with Gasteiger partial charge < -0.3 is 24.7 Å². The molecule has 1 fully saturated rings. The molecule has 1 spiro atoms. The molecule has 2 heterocycles. The number of likely N-dealkylation sites (N-methyl/N-ethyl adjacent to an activating group) is 1. The Balaban J connectivity index is 1.66. The van der Waals surface area contributed by atoms with Crippen molar-refractivity contribution in [1.82, 2.24) is 4.90 Å². The fourth-order valence-electron chi connectivity index (χ4n) is 5.86. The van der Waals surface area contributed by atoms with Crippen LogP contribution in [0.2, 0.25) is 0 Å². The molecule has 0 saturated carbocycles. The number of aliphatic hydroxyl groups is 2. The Hall–Kier alpha value is -2.74. The summed E-state index contributed by atoms with van der Waals surface area (Å²) in [5, 5.41) is 20.7. The average Bonchev–Trinajstić information content (AvgIpc) is 3.21. The van der Waals surface area contributed by atoms with E-state index in [0.717, 1.165) is 16.8 Å². The Kier molecular flexibility index (Phi) is 6.55. The van der Waals surface area contributed by atoms with Gasteiger partial charge in [0.1, 0.15) is 0 Å². The minimum absolute atomic E-state index is 0.00669. The number of para-hydroxylation sites is 1. The van der Waals surface area contributed by atoms with Gasteiger partial charge in [-0.15, -0.1) is 0 Å². The second-order valence-corrected chi connectivity index (χ2v) is 9.97. The standard InChI is InChI=1S/C27H34N2O5/c1-18-24(26(2,3)33)22(16-23(31)29(14-15-30)17-19-10-6-5-7-11-19)34-27(18)20-12-8-9-13-21(20)28(4)25(27)32/h5-13,18,22,24,30,33H,14-17H2,1-4H3/t18-,22+,24-,27+/m1/s1. The first-order valence-electron chi connectivity index (χ1n) is 11.8. The van der Waals surface area contributed by atoms with E-state index in [2.05, 4.69) is 0 Å². The lowest BCUT2D eigenvalue weighted by atomic mass is 9.71. The highest BCUT2D eigenvalue weighted by Gasteiger charge is 2.65. The van der Waals surface area contributed by atoms with Gasteiger partial charge >= 0.3 is 0 Å². The SMILES string of the molecule is C[C@@H]1[C@@H](C(C)(C)O)[C@H](CC(=O)N(CCO)Cc2ccccc2)O[C@@]12C(=O)N(C)c1ccccc12. The molecule has 2 aromatic carbocycles. The van der Waals surface area contributed by atoms with Gasteiger partial charge in [0.05, 0.1) is 30.4 Å². The van der Waals surface area contributed by atoms with Crippen molar-refractivity contribution in [2.24, 2.45) is 11.8 Å². The van der Waals surface area contributed by atoms with Crippen molar-refractivity contribution in [3.8, 4) is 0 Å². The summed E-state index contributed by atoms with van der Waals surface area (Å²) in [6.45, 7) is 5.74. The summed E-state index contributed by atoms with van der Waals surface area (Å²) in [5.74, 6) is -1.17. The third-order valence-corrected chi connectivity index (χ3v) is 7.34. The van der Waals surface area contributed by atoms with E-state index in [1.54, 1.807) is 30.7 Å². The Labute approximate surface area is 200 Å². The number of rotatable bonds is 7. The molecule has 4 atom stereocenters. The van der Waals surface area contributed by atoms with Crippen LogP contribution in [0.15, 0.2) is 54.6 Å². The van der Waals surface area contributed by atoms with Crippen LogP contribution in [-0.2, 0) is 26.5 Å². The number of carbonyl (C=O) groups excluding carboxylic acids is 2.